The number of hydrogen-bond acceptors (Lipinski definition) is 5. The van der Waals surface area contributed by atoms with E-state index in [1.807, 2.05) is 31.2 Å². The zero-order valence-electron chi connectivity index (χ0n) is 16.1. The van der Waals surface area contributed by atoms with Gasteiger partial charge in [-0.2, -0.15) is 0 Å². The Morgan fingerprint density at radius 1 is 1.24 bits per heavy atom. The lowest BCUT2D eigenvalue weighted by atomic mass is 10.0. The smallest absolute Gasteiger partial charge is 0.339 e. The molecule has 0 bridgehead atoms. The summed E-state index contributed by atoms with van der Waals surface area (Å²) in [4.78, 5) is 24.1. The molecule has 0 N–H and O–H groups in total. The Hall–Kier alpha value is -2.31. The number of esters is 1. The lowest BCUT2D eigenvalue weighted by Gasteiger charge is -2.12. The summed E-state index contributed by atoms with van der Waals surface area (Å²) in [5.41, 5.74) is 2.07. The number of aryl methyl sites for hydroxylation is 1. The standard InChI is InChI=1S/C22H20BrClO5/c1-3-27-21(25)9-8-15-13(2)16-10-18(24)20(11-19(16)29-22(15)26)28-12-14-6-4-5-7-17(14)23/h4-7,10-11H,3,8-9,12H2,1-2H3. The Balaban J connectivity index is 1.88. The van der Waals surface area contributed by atoms with Crippen LogP contribution in [-0.2, 0) is 22.6 Å². The van der Waals surface area contributed by atoms with Crippen LogP contribution in [0, 0.1) is 6.92 Å². The third-order valence-electron chi connectivity index (χ3n) is 4.57. The van der Waals surface area contributed by atoms with Crippen molar-refractivity contribution in [3.05, 3.63) is 73.0 Å². The van der Waals surface area contributed by atoms with Crippen LogP contribution < -0.4 is 10.4 Å². The Labute approximate surface area is 181 Å². The Bertz CT molecular complexity index is 1110. The first-order chi connectivity index (χ1) is 13.9. The van der Waals surface area contributed by atoms with Crippen molar-refractivity contribution in [2.45, 2.75) is 33.3 Å². The molecule has 0 aliphatic carbocycles. The van der Waals surface area contributed by atoms with Crippen LogP contribution in [0.4, 0.5) is 0 Å². The third-order valence-corrected chi connectivity index (χ3v) is 5.63. The lowest BCUT2D eigenvalue weighted by molar-refractivity contribution is -0.143. The molecule has 0 aliphatic heterocycles. The fourth-order valence-electron chi connectivity index (χ4n) is 3.02. The highest BCUT2D eigenvalue weighted by Gasteiger charge is 2.16. The number of halogens is 2. The van der Waals surface area contributed by atoms with E-state index in [2.05, 4.69) is 15.9 Å². The second-order valence-corrected chi connectivity index (χ2v) is 7.72. The zero-order chi connectivity index (χ0) is 21.0. The van der Waals surface area contributed by atoms with E-state index in [4.69, 9.17) is 25.5 Å². The molecule has 7 heteroatoms. The molecule has 5 nitrogen and oxygen atoms in total. The molecule has 0 saturated heterocycles. The highest BCUT2D eigenvalue weighted by Crippen LogP contribution is 2.33. The van der Waals surface area contributed by atoms with Crippen LogP contribution in [0.5, 0.6) is 5.75 Å². The van der Waals surface area contributed by atoms with Crippen molar-refractivity contribution < 1.29 is 18.7 Å². The number of hydrogen-bond donors (Lipinski definition) is 0. The van der Waals surface area contributed by atoms with E-state index < -0.39 is 5.63 Å². The fourth-order valence-corrected chi connectivity index (χ4v) is 3.64. The minimum atomic E-state index is -0.474. The van der Waals surface area contributed by atoms with Crippen LogP contribution in [0.1, 0.15) is 30.0 Å². The second kappa shape index (κ2) is 9.46. The largest absolute Gasteiger partial charge is 0.487 e. The number of benzene rings is 2. The van der Waals surface area contributed by atoms with Crippen molar-refractivity contribution in [1.82, 2.24) is 0 Å². The molecule has 3 rings (SSSR count). The van der Waals surface area contributed by atoms with Gasteiger partial charge in [0.05, 0.1) is 11.6 Å². The Kier molecular flexibility index (Phi) is 6.98. The average molecular weight is 480 g/mol. The van der Waals surface area contributed by atoms with Crippen LogP contribution in [-0.4, -0.2) is 12.6 Å². The van der Waals surface area contributed by atoms with Crippen LogP contribution in [0.25, 0.3) is 11.0 Å². The van der Waals surface area contributed by atoms with Gasteiger partial charge in [0.25, 0.3) is 0 Å². The third kappa shape index (κ3) is 5.00. The van der Waals surface area contributed by atoms with Gasteiger partial charge >= 0.3 is 11.6 Å². The molecule has 0 spiro atoms. The maximum absolute atomic E-state index is 12.4. The second-order valence-electron chi connectivity index (χ2n) is 6.46. The van der Waals surface area contributed by atoms with Gasteiger partial charge in [0.15, 0.2) is 0 Å². The Morgan fingerprint density at radius 3 is 2.72 bits per heavy atom. The van der Waals surface area contributed by atoms with Gasteiger partial charge in [-0.15, -0.1) is 0 Å². The van der Waals surface area contributed by atoms with Crippen molar-refractivity contribution in [2.24, 2.45) is 0 Å². The zero-order valence-corrected chi connectivity index (χ0v) is 18.4. The minimum Gasteiger partial charge on any atom is -0.487 e. The first-order valence-corrected chi connectivity index (χ1v) is 10.4. The van der Waals surface area contributed by atoms with Crippen molar-refractivity contribution in [2.75, 3.05) is 6.61 Å². The molecule has 2 aromatic carbocycles. The summed E-state index contributed by atoms with van der Waals surface area (Å²) in [6, 6.07) is 11.1. The molecule has 152 valence electrons. The van der Waals surface area contributed by atoms with Gasteiger partial charge in [-0.3, -0.25) is 4.79 Å². The maximum Gasteiger partial charge on any atom is 0.339 e. The van der Waals surface area contributed by atoms with Crippen molar-refractivity contribution in [3.8, 4) is 5.75 Å². The minimum absolute atomic E-state index is 0.117. The van der Waals surface area contributed by atoms with E-state index in [1.165, 1.54) is 0 Å². The molecular weight excluding hydrogens is 460 g/mol. The predicted octanol–water partition coefficient (Wildman–Crippen LogP) is 5.59. The van der Waals surface area contributed by atoms with Crippen LogP contribution in [0.3, 0.4) is 0 Å². The van der Waals surface area contributed by atoms with Gasteiger partial charge in [-0.25, -0.2) is 4.79 Å². The summed E-state index contributed by atoms with van der Waals surface area (Å²) >= 11 is 9.90. The SMILES string of the molecule is CCOC(=O)CCc1c(C)c2cc(Cl)c(OCc3ccccc3Br)cc2oc1=O. The number of rotatable bonds is 7. The Morgan fingerprint density at radius 2 is 2.00 bits per heavy atom. The number of ether oxygens (including phenoxy) is 2. The quantitative estimate of drug-likeness (QED) is 0.326. The van der Waals surface area contributed by atoms with Crippen LogP contribution in [0.15, 0.2) is 50.1 Å². The normalized spacial score (nSPS) is 10.9. The molecule has 0 radical (unpaired) electrons. The molecule has 0 unspecified atom stereocenters. The summed E-state index contributed by atoms with van der Waals surface area (Å²) in [5, 5.41) is 1.12. The fraction of sp³-hybridized carbons (Fsp3) is 0.273. The number of carbonyl (C=O) groups excluding carboxylic acids is 1. The molecule has 3 aromatic rings. The lowest BCUT2D eigenvalue weighted by Crippen LogP contribution is -2.13. The van der Waals surface area contributed by atoms with Crippen molar-refractivity contribution in [1.29, 1.82) is 0 Å². The average Bonchev–Trinajstić information content (AvgIpc) is 2.68. The van der Waals surface area contributed by atoms with Gasteiger partial charge in [0.1, 0.15) is 17.9 Å². The summed E-state index contributed by atoms with van der Waals surface area (Å²) < 4.78 is 17.2. The van der Waals surface area contributed by atoms with Crippen LogP contribution in [0.2, 0.25) is 5.02 Å². The van der Waals surface area contributed by atoms with Crippen molar-refractivity contribution in [3.63, 3.8) is 0 Å². The van der Waals surface area contributed by atoms with E-state index in [0.29, 0.717) is 40.5 Å². The first-order valence-electron chi connectivity index (χ1n) is 9.18. The van der Waals surface area contributed by atoms with Gasteiger partial charge in [0.2, 0.25) is 0 Å². The molecule has 1 aromatic heterocycles. The molecular formula is C22H20BrClO5. The van der Waals surface area contributed by atoms with Gasteiger partial charge in [-0.05, 0) is 38.0 Å². The number of carbonyl (C=O) groups is 1. The molecule has 1 heterocycles. The number of fused-ring (bicyclic) bond motifs is 1. The summed E-state index contributed by atoms with van der Waals surface area (Å²) in [7, 11) is 0. The molecule has 29 heavy (non-hydrogen) atoms. The summed E-state index contributed by atoms with van der Waals surface area (Å²) in [5.74, 6) is 0.0805. The summed E-state index contributed by atoms with van der Waals surface area (Å²) in [6.45, 7) is 4.18. The molecule has 0 saturated carbocycles. The molecule has 0 fully saturated rings. The maximum atomic E-state index is 12.4. The van der Waals surface area contributed by atoms with Crippen LogP contribution >= 0.6 is 27.5 Å². The van der Waals surface area contributed by atoms with E-state index in [9.17, 15) is 9.59 Å². The van der Waals surface area contributed by atoms with Gasteiger partial charge in [-0.1, -0.05) is 45.7 Å². The highest BCUT2D eigenvalue weighted by atomic mass is 79.9. The van der Waals surface area contributed by atoms with E-state index in [0.717, 1.165) is 15.6 Å². The molecule has 0 amide bonds. The van der Waals surface area contributed by atoms with E-state index in [1.54, 1.807) is 19.1 Å². The molecule has 0 atom stereocenters. The molecule has 0 aliphatic rings. The van der Waals surface area contributed by atoms with Gasteiger partial charge < -0.3 is 13.9 Å². The first kappa shape index (κ1) is 21.4. The highest BCUT2D eigenvalue weighted by molar-refractivity contribution is 9.10. The van der Waals surface area contributed by atoms with E-state index in [-0.39, 0.29) is 18.8 Å². The monoisotopic (exact) mass is 478 g/mol. The van der Waals surface area contributed by atoms with Crippen molar-refractivity contribution >= 4 is 44.5 Å². The van der Waals surface area contributed by atoms with E-state index >= 15 is 0 Å². The summed E-state index contributed by atoms with van der Waals surface area (Å²) in [6.07, 6.45) is 0.368. The predicted molar refractivity (Wildman–Crippen MR) is 116 cm³/mol. The topological polar surface area (TPSA) is 65.7 Å². The van der Waals surface area contributed by atoms with Gasteiger partial charge in [0, 0.05) is 33.5 Å².